The van der Waals surface area contributed by atoms with E-state index >= 15 is 0 Å². The number of aryl methyl sites for hydroxylation is 1. The molecule has 2 atom stereocenters. The molecule has 0 spiro atoms. The molecule has 0 bridgehead atoms. The van der Waals surface area contributed by atoms with Crippen LogP contribution < -0.4 is 0 Å². The molecule has 2 heteroatoms. The fourth-order valence-electron chi connectivity index (χ4n) is 1.49. The molecule has 0 saturated carbocycles. The molecule has 1 aliphatic rings. The zero-order valence-corrected chi connectivity index (χ0v) is 9.42. The van der Waals surface area contributed by atoms with E-state index in [1.807, 2.05) is 0 Å². The van der Waals surface area contributed by atoms with E-state index < -0.39 is 0 Å². The van der Waals surface area contributed by atoms with Gasteiger partial charge in [-0.25, -0.2) is 0 Å². The molecule has 0 aliphatic carbocycles. The van der Waals surface area contributed by atoms with Crippen LogP contribution in [0.15, 0.2) is 24.3 Å². The lowest BCUT2D eigenvalue weighted by molar-refractivity contribution is 0.518. The van der Waals surface area contributed by atoms with Crippen LogP contribution in [0, 0.1) is 6.92 Å². The Morgan fingerprint density at radius 1 is 1.38 bits per heavy atom. The Morgan fingerprint density at radius 3 is 2.62 bits per heavy atom. The summed E-state index contributed by atoms with van der Waals surface area (Å²) < 4.78 is 0. The highest BCUT2D eigenvalue weighted by atomic mass is 79.9. The fraction of sp³-hybridized carbons (Fsp3) is 0.455. The van der Waals surface area contributed by atoms with Crippen molar-refractivity contribution in [2.45, 2.75) is 19.5 Å². The minimum absolute atomic E-state index is 0.779. The maximum Gasteiger partial charge on any atom is 0.0324 e. The van der Waals surface area contributed by atoms with Crippen LogP contribution in [0.5, 0.6) is 0 Å². The number of halogens is 1. The number of rotatable bonds is 3. The summed E-state index contributed by atoms with van der Waals surface area (Å²) >= 11 is 3.50. The average molecular weight is 240 g/mol. The van der Waals surface area contributed by atoms with Gasteiger partial charge >= 0.3 is 0 Å². The monoisotopic (exact) mass is 239 g/mol. The maximum atomic E-state index is 3.50. The number of hydrogen-bond donors (Lipinski definition) is 0. The maximum absolute atomic E-state index is 3.50. The van der Waals surface area contributed by atoms with E-state index in [9.17, 15) is 0 Å². The van der Waals surface area contributed by atoms with E-state index in [4.69, 9.17) is 0 Å². The number of alkyl halides is 1. The molecule has 13 heavy (non-hydrogen) atoms. The first-order chi connectivity index (χ1) is 6.29. The van der Waals surface area contributed by atoms with Gasteiger partial charge in [-0.3, -0.25) is 4.90 Å². The molecule has 1 fully saturated rings. The molecule has 1 saturated heterocycles. The van der Waals surface area contributed by atoms with Crippen molar-refractivity contribution in [1.29, 1.82) is 0 Å². The third-order valence-corrected chi connectivity index (χ3v) is 3.26. The highest BCUT2D eigenvalue weighted by Crippen LogP contribution is 2.22. The van der Waals surface area contributed by atoms with Crippen molar-refractivity contribution in [3.05, 3.63) is 35.4 Å². The lowest BCUT2D eigenvalue weighted by atomic mass is 10.1. The molecule has 70 valence electrons. The van der Waals surface area contributed by atoms with Crippen molar-refractivity contribution < 1.29 is 0 Å². The molecule has 1 nitrogen and oxygen atoms in total. The SMILES string of the molecule is Cc1ccc(CN2C[C@H]2CBr)cc1. The van der Waals surface area contributed by atoms with Gasteiger partial charge in [-0.1, -0.05) is 45.8 Å². The van der Waals surface area contributed by atoms with Crippen molar-refractivity contribution >= 4 is 15.9 Å². The molecule has 0 N–H and O–H groups in total. The zero-order valence-electron chi connectivity index (χ0n) is 7.83. The molecule has 0 amide bonds. The van der Waals surface area contributed by atoms with Gasteiger partial charge in [0.15, 0.2) is 0 Å². The largest absolute Gasteiger partial charge is 0.292 e. The summed E-state index contributed by atoms with van der Waals surface area (Å²) in [5.74, 6) is 0. The van der Waals surface area contributed by atoms with Crippen LogP contribution in [-0.2, 0) is 6.54 Å². The lowest BCUT2D eigenvalue weighted by Crippen LogP contribution is -2.02. The summed E-state index contributed by atoms with van der Waals surface area (Å²) in [6, 6.07) is 9.59. The Bertz CT molecular complexity index is 281. The summed E-state index contributed by atoms with van der Waals surface area (Å²) in [6.45, 7) is 4.48. The minimum atomic E-state index is 0.779. The second-order valence-electron chi connectivity index (χ2n) is 3.72. The molecule has 2 rings (SSSR count). The smallest absolute Gasteiger partial charge is 0.0324 e. The molecule has 1 unspecified atom stereocenters. The minimum Gasteiger partial charge on any atom is -0.292 e. The van der Waals surface area contributed by atoms with Gasteiger partial charge in [0.25, 0.3) is 0 Å². The molecule has 1 heterocycles. The van der Waals surface area contributed by atoms with Gasteiger partial charge in [0, 0.05) is 24.5 Å². The highest BCUT2D eigenvalue weighted by molar-refractivity contribution is 9.09. The highest BCUT2D eigenvalue weighted by Gasteiger charge is 2.31. The summed E-state index contributed by atoms with van der Waals surface area (Å²) in [4.78, 5) is 2.47. The Kier molecular flexibility index (Phi) is 2.70. The summed E-state index contributed by atoms with van der Waals surface area (Å²) in [5, 5.41) is 1.11. The predicted octanol–water partition coefficient (Wildman–Crippen LogP) is 2.57. The van der Waals surface area contributed by atoms with Crippen LogP contribution in [0.1, 0.15) is 11.1 Å². The van der Waals surface area contributed by atoms with Crippen molar-refractivity contribution in [2.75, 3.05) is 11.9 Å². The molecular weight excluding hydrogens is 226 g/mol. The van der Waals surface area contributed by atoms with Crippen molar-refractivity contribution in [3.63, 3.8) is 0 Å². The summed E-state index contributed by atoms with van der Waals surface area (Å²) in [7, 11) is 0. The van der Waals surface area contributed by atoms with E-state index in [0.717, 1.165) is 17.9 Å². The van der Waals surface area contributed by atoms with Gasteiger partial charge in [0.1, 0.15) is 0 Å². The van der Waals surface area contributed by atoms with E-state index in [1.165, 1.54) is 17.7 Å². The molecular formula is C11H14BrN. The first-order valence-electron chi connectivity index (χ1n) is 4.65. The topological polar surface area (TPSA) is 3.01 Å². The van der Waals surface area contributed by atoms with E-state index in [2.05, 4.69) is 52.0 Å². The Balaban J connectivity index is 1.92. The molecule has 1 aliphatic heterocycles. The average Bonchev–Trinajstić information content (AvgIpc) is 2.88. The van der Waals surface area contributed by atoms with E-state index in [1.54, 1.807) is 0 Å². The first kappa shape index (κ1) is 9.22. The van der Waals surface area contributed by atoms with Crippen LogP contribution in [-0.4, -0.2) is 22.8 Å². The first-order valence-corrected chi connectivity index (χ1v) is 5.77. The van der Waals surface area contributed by atoms with Gasteiger partial charge in [-0.05, 0) is 12.5 Å². The van der Waals surface area contributed by atoms with Crippen molar-refractivity contribution in [3.8, 4) is 0 Å². The number of benzene rings is 1. The van der Waals surface area contributed by atoms with Gasteiger partial charge in [-0.2, -0.15) is 0 Å². The quantitative estimate of drug-likeness (QED) is 0.579. The normalized spacial score (nSPS) is 26.0. The van der Waals surface area contributed by atoms with Gasteiger partial charge in [0.2, 0.25) is 0 Å². The van der Waals surface area contributed by atoms with Crippen LogP contribution in [0.4, 0.5) is 0 Å². The third kappa shape index (κ3) is 2.32. The number of hydrogen-bond acceptors (Lipinski definition) is 1. The lowest BCUT2D eigenvalue weighted by Gasteiger charge is -2.02. The van der Waals surface area contributed by atoms with Crippen LogP contribution in [0.2, 0.25) is 0 Å². The van der Waals surface area contributed by atoms with Crippen LogP contribution in [0.25, 0.3) is 0 Å². The predicted molar refractivity (Wildman–Crippen MR) is 59.2 cm³/mol. The second-order valence-corrected chi connectivity index (χ2v) is 4.37. The van der Waals surface area contributed by atoms with Crippen molar-refractivity contribution in [2.24, 2.45) is 0 Å². The standard InChI is InChI=1S/C11H14BrN/c1-9-2-4-10(5-3-9)7-13-8-11(13)6-12/h2-5,11H,6-8H2,1H3/t11-,13?/m1/s1. The van der Waals surface area contributed by atoms with Crippen molar-refractivity contribution in [1.82, 2.24) is 4.90 Å². The third-order valence-electron chi connectivity index (χ3n) is 2.51. The fourth-order valence-corrected chi connectivity index (χ4v) is 2.11. The van der Waals surface area contributed by atoms with Crippen LogP contribution >= 0.6 is 15.9 Å². The van der Waals surface area contributed by atoms with Gasteiger partial charge in [0.05, 0.1) is 0 Å². The van der Waals surface area contributed by atoms with Crippen LogP contribution in [0.3, 0.4) is 0 Å². The van der Waals surface area contributed by atoms with E-state index in [-0.39, 0.29) is 0 Å². The molecule has 1 aromatic rings. The summed E-state index contributed by atoms with van der Waals surface area (Å²) in [6.07, 6.45) is 0. The second kappa shape index (κ2) is 3.81. The van der Waals surface area contributed by atoms with Gasteiger partial charge in [-0.15, -0.1) is 0 Å². The Morgan fingerprint density at radius 2 is 2.08 bits per heavy atom. The molecule has 0 radical (unpaired) electrons. The number of nitrogens with zero attached hydrogens (tertiary/aromatic N) is 1. The molecule has 1 aromatic carbocycles. The Hall–Kier alpha value is -0.340. The van der Waals surface area contributed by atoms with Gasteiger partial charge < -0.3 is 0 Å². The van der Waals surface area contributed by atoms with E-state index in [0.29, 0.717) is 0 Å². The summed E-state index contributed by atoms with van der Waals surface area (Å²) in [5.41, 5.74) is 2.76. The Labute approximate surface area is 87.9 Å². The molecule has 0 aromatic heterocycles. The zero-order chi connectivity index (χ0) is 9.26.